The summed E-state index contributed by atoms with van der Waals surface area (Å²) in [6.45, 7) is 0. The Kier molecular flexibility index (Phi) is 2.99. The zero-order chi connectivity index (χ0) is 11.6. The van der Waals surface area contributed by atoms with Crippen molar-refractivity contribution in [2.75, 3.05) is 0 Å². The highest BCUT2D eigenvalue weighted by Crippen LogP contribution is 2.26. The van der Waals surface area contributed by atoms with Gasteiger partial charge in [-0.05, 0) is 30.3 Å². The molecule has 0 saturated carbocycles. The van der Waals surface area contributed by atoms with Gasteiger partial charge < -0.3 is 0 Å². The van der Waals surface area contributed by atoms with E-state index in [1.54, 1.807) is 36.4 Å². The second kappa shape index (κ2) is 4.28. The van der Waals surface area contributed by atoms with Gasteiger partial charge in [0.05, 0.1) is 14.8 Å². The number of sulfone groups is 1. The van der Waals surface area contributed by atoms with Crippen LogP contribution in [0.5, 0.6) is 0 Å². The highest BCUT2D eigenvalue weighted by molar-refractivity contribution is 7.91. The lowest BCUT2D eigenvalue weighted by Gasteiger charge is -2.05. The van der Waals surface area contributed by atoms with Crippen molar-refractivity contribution < 1.29 is 8.42 Å². The van der Waals surface area contributed by atoms with Gasteiger partial charge in [0.1, 0.15) is 0 Å². The van der Waals surface area contributed by atoms with Gasteiger partial charge in [0.25, 0.3) is 0 Å². The van der Waals surface area contributed by atoms with E-state index in [-0.39, 0.29) is 14.8 Å². The molecule has 0 spiro atoms. The fourth-order valence-corrected chi connectivity index (χ4v) is 3.07. The SMILES string of the molecule is O=S(=O)(c1ccccc1)c1c[c]ccc1Cl. The van der Waals surface area contributed by atoms with Crippen molar-refractivity contribution in [2.24, 2.45) is 0 Å². The van der Waals surface area contributed by atoms with Gasteiger partial charge in [-0.3, -0.25) is 0 Å². The van der Waals surface area contributed by atoms with Crippen molar-refractivity contribution in [1.82, 2.24) is 0 Å². The summed E-state index contributed by atoms with van der Waals surface area (Å²) >= 11 is 5.86. The largest absolute Gasteiger partial charge is 0.218 e. The molecule has 0 amide bonds. The predicted octanol–water partition coefficient (Wildman–Crippen LogP) is 2.97. The summed E-state index contributed by atoms with van der Waals surface area (Å²) in [4.78, 5) is 0.319. The van der Waals surface area contributed by atoms with Crippen LogP contribution in [0.4, 0.5) is 0 Å². The van der Waals surface area contributed by atoms with E-state index in [0.29, 0.717) is 0 Å². The summed E-state index contributed by atoms with van der Waals surface area (Å²) < 4.78 is 24.3. The van der Waals surface area contributed by atoms with Gasteiger partial charge in [-0.2, -0.15) is 0 Å². The van der Waals surface area contributed by atoms with Gasteiger partial charge in [-0.25, -0.2) is 8.42 Å². The quantitative estimate of drug-likeness (QED) is 0.822. The van der Waals surface area contributed by atoms with E-state index in [1.165, 1.54) is 12.1 Å². The number of hydrogen-bond donors (Lipinski definition) is 0. The van der Waals surface area contributed by atoms with E-state index < -0.39 is 9.84 Å². The predicted molar refractivity (Wildman–Crippen MR) is 62.2 cm³/mol. The standard InChI is InChI=1S/C12H8ClO2S/c13-11-8-4-5-9-12(11)16(14,15)10-6-2-1-3-7-10/h1-4,6-9H. The first-order valence-corrected chi connectivity index (χ1v) is 6.44. The molecule has 0 aliphatic rings. The van der Waals surface area contributed by atoms with Crippen LogP contribution in [0.3, 0.4) is 0 Å². The first kappa shape index (κ1) is 11.2. The molecule has 4 heteroatoms. The van der Waals surface area contributed by atoms with Crippen molar-refractivity contribution >= 4 is 21.4 Å². The summed E-state index contributed by atoms with van der Waals surface area (Å²) in [7, 11) is -3.53. The average Bonchev–Trinajstić information content (AvgIpc) is 2.30. The van der Waals surface area contributed by atoms with Gasteiger partial charge in [-0.15, -0.1) is 0 Å². The third-order valence-electron chi connectivity index (χ3n) is 2.12. The fourth-order valence-electron chi connectivity index (χ4n) is 1.33. The Balaban J connectivity index is 2.62. The molecule has 0 aliphatic heterocycles. The van der Waals surface area contributed by atoms with Crippen LogP contribution in [-0.4, -0.2) is 8.42 Å². The van der Waals surface area contributed by atoms with Crippen LogP contribution in [-0.2, 0) is 9.84 Å². The summed E-state index contributed by atoms with van der Waals surface area (Å²) in [6, 6.07) is 15.4. The zero-order valence-electron chi connectivity index (χ0n) is 8.22. The van der Waals surface area contributed by atoms with Crippen LogP contribution in [0.1, 0.15) is 0 Å². The second-order valence-corrected chi connectivity index (χ2v) is 5.50. The van der Waals surface area contributed by atoms with Gasteiger partial charge in [0.2, 0.25) is 9.84 Å². The summed E-state index contributed by atoms with van der Waals surface area (Å²) in [6.07, 6.45) is 0. The molecular formula is C12H8ClO2S. The molecular weight excluding hydrogens is 244 g/mol. The molecule has 81 valence electrons. The molecule has 0 aromatic heterocycles. The van der Waals surface area contributed by atoms with Crippen molar-refractivity contribution in [2.45, 2.75) is 9.79 Å². The molecule has 16 heavy (non-hydrogen) atoms. The fraction of sp³-hybridized carbons (Fsp3) is 0. The monoisotopic (exact) mass is 251 g/mol. The van der Waals surface area contributed by atoms with Crippen LogP contribution in [0.25, 0.3) is 0 Å². The molecule has 0 N–H and O–H groups in total. The topological polar surface area (TPSA) is 34.1 Å². The molecule has 0 aliphatic carbocycles. The number of halogens is 1. The van der Waals surface area contributed by atoms with Crippen molar-refractivity contribution in [3.63, 3.8) is 0 Å². The summed E-state index contributed by atoms with van der Waals surface area (Å²) in [5, 5.41) is 0.211. The van der Waals surface area contributed by atoms with E-state index in [4.69, 9.17) is 11.6 Å². The molecule has 0 unspecified atom stereocenters. The Labute approximate surface area is 99.4 Å². The number of hydrogen-bond acceptors (Lipinski definition) is 2. The highest BCUT2D eigenvalue weighted by Gasteiger charge is 2.19. The lowest BCUT2D eigenvalue weighted by molar-refractivity contribution is 0.596. The molecule has 0 heterocycles. The van der Waals surface area contributed by atoms with Crippen molar-refractivity contribution in [3.05, 3.63) is 59.6 Å². The van der Waals surface area contributed by atoms with Crippen LogP contribution >= 0.6 is 11.6 Å². The van der Waals surface area contributed by atoms with E-state index in [0.717, 1.165) is 0 Å². The lowest BCUT2D eigenvalue weighted by atomic mass is 10.4. The van der Waals surface area contributed by atoms with Crippen LogP contribution < -0.4 is 0 Å². The molecule has 2 aromatic carbocycles. The number of rotatable bonds is 2. The van der Waals surface area contributed by atoms with Crippen molar-refractivity contribution in [1.29, 1.82) is 0 Å². The van der Waals surface area contributed by atoms with Gasteiger partial charge in [0, 0.05) is 0 Å². The third-order valence-corrected chi connectivity index (χ3v) is 4.37. The minimum atomic E-state index is -3.53. The highest BCUT2D eigenvalue weighted by atomic mass is 35.5. The first-order chi connectivity index (χ1) is 7.62. The third kappa shape index (κ3) is 1.96. The van der Waals surface area contributed by atoms with Crippen LogP contribution in [0, 0.1) is 6.07 Å². The van der Waals surface area contributed by atoms with E-state index in [2.05, 4.69) is 6.07 Å². The summed E-state index contributed by atoms with van der Waals surface area (Å²) in [5.41, 5.74) is 0. The van der Waals surface area contributed by atoms with Crippen LogP contribution in [0.15, 0.2) is 58.3 Å². The maximum Gasteiger partial charge on any atom is 0.208 e. The maximum absolute atomic E-state index is 12.2. The zero-order valence-corrected chi connectivity index (χ0v) is 9.79. The molecule has 0 saturated heterocycles. The Morgan fingerprint density at radius 2 is 1.75 bits per heavy atom. The van der Waals surface area contributed by atoms with Gasteiger partial charge >= 0.3 is 0 Å². The Morgan fingerprint density at radius 1 is 1.06 bits per heavy atom. The minimum absolute atomic E-state index is 0.0860. The molecule has 2 nitrogen and oxygen atoms in total. The Bertz CT molecular complexity index is 591. The molecule has 0 fully saturated rings. The minimum Gasteiger partial charge on any atom is -0.218 e. The Morgan fingerprint density at radius 3 is 2.38 bits per heavy atom. The second-order valence-electron chi connectivity index (χ2n) is 3.17. The average molecular weight is 252 g/mol. The molecule has 0 atom stereocenters. The van der Waals surface area contributed by atoms with Crippen LogP contribution in [0.2, 0.25) is 5.02 Å². The smallest absolute Gasteiger partial charge is 0.208 e. The normalized spacial score (nSPS) is 11.3. The van der Waals surface area contributed by atoms with Crippen molar-refractivity contribution in [3.8, 4) is 0 Å². The Hall–Kier alpha value is -1.32. The molecule has 1 radical (unpaired) electrons. The molecule has 2 rings (SSSR count). The molecule has 2 aromatic rings. The van der Waals surface area contributed by atoms with Gasteiger partial charge in [0.15, 0.2) is 0 Å². The lowest BCUT2D eigenvalue weighted by Crippen LogP contribution is -2.02. The van der Waals surface area contributed by atoms with E-state index in [1.807, 2.05) is 0 Å². The van der Waals surface area contributed by atoms with E-state index >= 15 is 0 Å². The number of benzene rings is 2. The maximum atomic E-state index is 12.2. The first-order valence-electron chi connectivity index (χ1n) is 4.58. The van der Waals surface area contributed by atoms with E-state index in [9.17, 15) is 8.42 Å². The van der Waals surface area contributed by atoms with Gasteiger partial charge in [-0.1, -0.05) is 35.9 Å². The molecule has 0 bridgehead atoms. The summed E-state index contributed by atoms with van der Waals surface area (Å²) in [5.74, 6) is 0.